The van der Waals surface area contributed by atoms with Crippen LogP contribution in [0, 0.1) is 12.8 Å². The number of hydrogen-bond donors (Lipinski definition) is 3. The number of carboxylic acids is 1. The number of nitrogens with one attached hydrogen (secondary N) is 2. The number of hydrogen-bond acceptors (Lipinski definition) is 5. The van der Waals surface area contributed by atoms with Crippen LogP contribution in [0.2, 0.25) is 0 Å². The van der Waals surface area contributed by atoms with Gasteiger partial charge < -0.3 is 25.5 Å². The number of rotatable bonds is 9. The van der Waals surface area contributed by atoms with Gasteiger partial charge >= 0.3 is 5.97 Å². The summed E-state index contributed by atoms with van der Waals surface area (Å²) in [7, 11) is 0. The molecule has 224 valence electrons. The Balaban J connectivity index is 1.37. The molecule has 0 spiro atoms. The molecule has 1 atom stereocenters. The third-order valence-corrected chi connectivity index (χ3v) is 8.30. The number of benzene rings is 3. The van der Waals surface area contributed by atoms with Gasteiger partial charge in [0.25, 0.3) is 11.8 Å². The monoisotopic (exact) mass is 582 g/mol. The van der Waals surface area contributed by atoms with Crippen molar-refractivity contribution in [1.29, 1.82) is 0 Å². The van der Waals surface area contributed by atoms with Gasteiger partial charge in [-0.05, 0) is 62.1 Å². The van der Waals surface area contributed by atoms with Gasteiger partial charge in [0, 0.05) is 43.2 Å². The van der Waals surface area contributed by atoms with Crippen molar-refractivity contribution in [3.8, 4) is 0 Å². The highest BCUT2D eigenvalue weighted by atomic mass is 16.4. The van der Waals surface area contributed by atoms with Gasteiger partial charge in [-0.25, -0.2) is 0 Å². The molecule has 0 bridgehead atoms. The van der Waals surface area contributed by atoms with Gasteiger partial charge in [0.1, 0.15) is 0 Å². The van der Waals surface area contributed by atoms with E-state index < -0.39 is 17.9 Å². The van der Waals surface area contributed by atoms with Crippen molar-refractivity contribution in [1.82, 2.24) is 10.2 Å². The van der Waals surface area contributed by atoms with Crippen molar-refractivity contribution in [2.24, 2.45) is 5.92 Å². The maximum Gasteiger partial charge on any atom is 0.305 e. The Morgan fingerprint density at radius 3 is 2.28 bits per heavy atom. The first kappa shape index (κ1) is 29.8. The molecule has 2 aliphatic rings. The van der Waals surface area contributed by atoms with Gasteiger partial charge in [0.2, 0.25) is 5.91 Å². The topological polar surface area (TPSA) is 119 Å². The fraction of sp³-hybridized carbons (Fsp3) is 0.353. The molecule has 9 nitrogen and oxygen atoms in total. The van der Waals surface area contributed by atoms with E-state index in [9.17, 15) is 24.3 Å². The first-order valence-corrected chi connectivity index (χ1v) is 14.9. The molecular weight excluding hydrogens is 544 g/mol. The van der Waals surface area contributed by atoms with E-state index in [-0.39, 0.29) is 24.2 Å². The van der Waals surface area contributed by atoms with Crippen molar-refractivity contribution in [2.75, 3.05) is 36.4 Å². The molecule has 3 N–H and O–H groups in total. The molecule has 1 heterocycles. The summed E-state index contributed by atoms with van der Waals surface area (Å²) < 4.78 is 0. The molecule has 1 saturated carbocycles. The summed E-state index contributed by atoms with van der Waals surface area (Å²) >= 11 is 0. The van der Waals surface area contributed by atoms with Gasteiger partial charge in [-0.1, -0.05) is 54.4 Å². The van der Waals surface area contributed by atoms with E-state index >= 15 is 0 Å². The third-order valence-electron chi connectivity index (χ3n) is 8.30. The third kappa shape index (κ3) is 7.41. The average Bonchev–Trinajstić information content (AvgIpc) is 3.22. The largest absolute Gasteiger partial charge is 0.481 e. The van der Waals surface area contributed by atoms with Crippen LogP contribution in [0.4, 0.5) is 11.4 Å². The van der Waals surface area contributed by atoms with E-state index in [4.69, 9.17) is 0 Å². The highest BCUT2D eigenvalue weighted by Crippen LogP contribution is 2.33. The lowest BCUT2D eigenvalue weighted by atomic mass is 9.85. The number of carbonyl (C=O) groups excluding carboxylic acids is 3. The maximum absolute atomic E-state index is 13.4. The summed E-state index contributed by atoms with van der Waals surface area (Å²) in [4.78, 5) is 55.2. The number of carbonyl (C=O) groups is 4. The summed E-state index contributed by atoms with van der Waals surface area (Å²) in [5.74, 6) is -1.56. The zero-order chi connectivity index (χ0) is 30.3. The van der Waals surface area contributed by atoms with Gasteiger partial charge in [0.15, 0.2) is 0 Å². The average molecular weight is 583 g/mol. The van der Waals surface area contributed by atoms with Crippen molar-refractivity contribution < 1.29 is 24.3 Å². The van der Waals surface area contributed by atoms with E-state index in [2.05, 4.69) is 15.5 Å². The number of nitrogens with zero attached hydrogens (tertiary/aromatic N) is 2. The lowest BCUT2D eigenvalue weighted by Crippen LogP contribution is -2.35. The first-order valence-electron chi connectivity index (χ1n) is 14.9. The van der Waals surface area contributed by atoms with Crippen LogP contribution in [-0.2, 0) is 9.59 Å². The molecule has 2 fully saturated rings. The SMILES string of the molecule is Cc1ccc(C(CC(=O)O)NC(=O)c2ccc(N3CCCN(C(=O)c4ccccc4)CC3)c(NC(=O)C3CCC3)c2)cc1. The molecule has 1 saturated heterocycles. The Morgan fingerprint density at radius 2 is 1.60 bits per heavy atom. The highest BCUT2D eigenvalue weighted by Gasteiger charge is 2.28. The van der Waals surface area contributed by atoms with E-state index in [1.165, 1.54) is 0 Å². The van der Waals surface area contributed by atoms with Crippen molar-refractivity contribution >= 4 is 35.1 Å². The summed E-state index contributed by atoms with van der Waals surface area (Å²) in [6.07, 6.45) is 3.20. The lowest BCUT2D eigenvalue weighted by Gasteiger charge is -2.29. The summed E-state index contributed by atoms with van der Waals surface area (Å²) in [5.41, 5.74) is 4.05. The fourth-order valence-electron chi connectivity index (χ4n) is 5.55. The van der Waals surface area contributed by atoms with Crippen LogP contribution in [0.3, 0.4) is 0 Å². The Morgan fingerprint density at radius 1 is 0.860 bits per heavy atom. The van der Waals surface area contributed by atoms with Gasteiger partial charge in [-0.2, -0.15) is 0 Å². The van der Waals surface area contributed by atoms with E-state index in [0.29, 0.717) is 48.6 Å². The molecule has 0 radical (unpaired) electrons. The Kier molecular flexibility index (Phi) is 9.39. The van der Waals surface area contributed by atoms with E-state index in [1.54, 1.807) is 12.1 Å². The summed E-state index contributed by atoms with van der Waals surface area (Å²) in [6, 6.07) is 21.2. The standard InChI is InChI=1S/C34H38N4O5/c1-23-11-13-24(14-12-23)28(22-31(39)40)35-33(42)27-15-16-30(29(21-27)36-32(41)25-9-5-10-25)37-17-6-18-38(20-19-37)34(43)26-7-3-2-4-8-26/h2-4,7-8,11-16,21,25,28H,5-6,9-10,17-20,22H2,1H3,(H,35,42)(H,36,41)(H,39,40). The molecule has 5 rings (SSSR count). The van der Waals surface area contributed by atoms with E-state index in [0.717, 1.165) is 36.9 Å². The predicted molar refractivity (Wildman–Crippen MR) is 165 cm³/mol. The van der Waals surface area contributed by atoms with Gasteiger partial charge in [-0.15, -0.1) is 0 Å². The first-order chi connectivity index (χ1) is 20.8. The van der Waals surface area contributed by atoms with Crippen LogP contribution >= 0.6 is 0 Å². The van der Waals surface area contributed by atoms with Crippen LogP contribution in [0.1, 0.15) is 70.0 Å². The molecule has 1 unspecified atom stereocenters. The zero-order valence-electron chi connectivity index (χ0n) is 24.4. The second kappa shape index (κ2) is 13.5. The summed E-state index contributed by atoms with van der Waals surface area (Å²) in [6.45, 7) is 4.35. The minimum atomic E-state index is -1.02. The van der Waals surface area contributed by atoms with E-state index in [1.807, 2.05) is 72.5 Å². The zero-order valence-corrected chi connectivity index (χ0v) is 24.4. The number of aliphatic carboxylic acids is 1. The molecule has 1 aliphatic heterocycles. The second-order valence-electron chi connectivity index (χ2n) is 11.4. The lowest BCUT2D eigenvalue weighted by molar-refractivity contribution is -0.137. The number of amides is 3. The second-order valence-corrected chi connectivity index (χ2v) is 11.4. The van der Waals surface area contributed by atoms with Crippen LogP contribution in [0.25, 0.3) is 0 Å². The minimum Gasteiger partial charge on any atom is -0.481 e. The highest BCUT2D eigenvalue weighted by molar-refractivity contribution is 6.01. The van der Waals surface area contributed by atoms with Crippen LogP contribution in [-0.4, -0.2) is 59.9 Å². The van der Waals surface area contributed by atoms with Crippen molar-refractivity contribution in [3.05, 3.63) is 95.1 Å². The van der Waals surface area contributed by atoms with Crippen LogP contribution in [0.15, 0.2) is 72.8 Å². The molecule has 3 aromatic rings. The molecule has 9 heteroatoms. The molecule has 3 amide bonds. The van der Waals surface area contributed by atoms with Crippen LogP contribution in [0.5, 0.6) is 0 Å². The molecule has 3 aromatic carbocycles. The number of anilines is 2. The maximum atomic E-state index is 13.4. The molecular formula is C34H38N4O5. The van der Waals surface area contributed by atoms with Crippen LogP contribution < -0.4 is 15.5 Å². The molecule has 0 aromatic heterocycles. The van der Waals surface area contributed by atoms with Gasteiger partial charge in [-0.3, -0.25) is 19.2 Å². The van der Waals surface area contributed by atoms with Crippen molar-refractivity contribution in [3.63, 3.8) is 0 Å². The number of carboxylic acid groups (broad SMARTS) is 1. The quantitative estimate of drug-likeness (QED) is 0.326. The predicted octanol–water partition coefficient (Wildman–Crippen LogP) is 5.03. The Hall–Kier alpha value is -4.66. The number of aryl methyl sites for hydroxylation is 1. The smallest absolute Gasteiger partial charge is 0.305 e. The minimum absolute atomic E-state index is 0.00234. The van der Waals surface area contributed by atoms with Crippen molar-refractivity contribution in [2.45, 2.75) is 45.1 Å². The Bertz CT molecular complexity index is 1470. The summed E-state index contributed by atoms with van der Waals surface area (Å²) in [5, 5.41) is 15.5. The van der Waals surface area contributed by atoms with Gasteiger partial charge in [0.05, 0.1) is 23.8 Å². The molecule has 43 heavy (non-hydrogen) atoms. The normalized spacial score (nSPS) is 16.0. The Labute approximate surface area is 251 Å². The molecule has 1 aliphatic carbocycles. The fourth-order valence-corrected chi connectivity index (χ4v) is 5.55.